The van der Waals surface area contributed by atoms with Crippen molar-refractivity contribution >= 4 is 39.5 Å². The number of unbranched alkanes of at least 4 members (excludes halogenated alkanes) is 45. The summed E-state index contributed by atoms with van der Waals surface area (Å²) in [5.41, 5.74) is 0. The Labute approximate surface area is 613 Å². The number of ether oxygens (including phenoxy) is 4. The zero-order valence-corrected chi connectivity index (χ0v) is 67.5. The molecular weight excluding hydrogens is 1310 g/mol. The molecule has 0 spiro atoms. The monoisotopic (exact) mass is 1470 g/mol. The Kier molecular flexibility index (Phi) is 69.9. The molecule has 7 atom stereocenters. The standard InChI is InChI=1S/C81H158O17P2/c1-8-11-12-45-55-62-78(83)91-68-76(97-80(85)64-58-51-44-38-32-26-25-27-33-39-46-52-59-72(4)5)70-95-99(87,88)93-66-75(82)67-94-100(89,90)96-71-77(69-92-79(84)63-56-49-42-36-30-23-20-19-22-29-35-41-48-54-61-74(7)10-3)98-81(86)65-57-50-43-37-31-24-18-16-14-13-15-17-21-28-34-40-47-53-60-73(6)9-2/h72-77,82H,8-71H2,1-7H3,(H,87,88)(H,89,90)/t73?,74?,75-,76+,77+/m0/s1. The molecule has 19 heteroatoms. The zero-order chi connectivity index (χ0) is 73.7. The average Bonchev–Trinajstić information content (AvgIpc) is 0.935. The molecule has 3 N–H and O–H groups in total. The highest BCUT2D eigenvalue weighted by molar-refractivity contribution is 7.47. The normalized spacial score (nSPS) is 14.5. The van der Waals surface area contributed by atoms with Crippen molar-refractivity contribution in [1.82, 2.24) is 0 Å². The number of aliphatic hydroxyl groups excluding tert-OH is 1. The van der Waals surface area contributed by atoms with Gasteiger partial charge in [-0.3, -0.25) is 37.3 Å². The van der Waals surface area contributed by atoms with Crippen LogP contribution in [0.1, 0.15) is 421 Å². The molecule has 17 nitrogen and oxygen atoms in total. The minimum absolute atomic E-state index is 0.106. The maximum Gasteiger partial charge on any atom is 0.472 e. The van der Waals surface area contributed by atoms with E-state index in [0.717, 1.165) is 114 Å². The smallest absolute Gasteiger partial charge is 0.462 e. The maximum atomic E-state index is 13.1. The van der Waals surface area contributed by atoms with Gasteiger partial charge in [-0.2, -0.15) is 0 Å². The van der Waals surface area contributed by atoms with Crippen molar-refractivity contribution in [3.05, 3.63) is 0 Å². The lowest BCUT2D eigenvalue weighted by Gasteiger charge is -2.21. The summed E-state index contributed by atoms with van der Waals surface area (Å²) in [5.74, 6) is 0.375. The van der Waals surface area contributed by atoms with E-state index in [2.05, 4.69) is 48.5 Å². The molecule has 0 rings (SSSR count). The first-order chi connectivity index (χ1) is 48.3. The Hall–Kier alpha value is -1.94. The number of hydrogen-bond donors (Lipinski definition) is 3. The van der Waals surface area contributed by atoms with Crippen LogP contribution >= 0.6 is 15.6 Å². The van der Waals surface area contributed by atoms with Gasteiger partial charge in [-0.15, -0.1) is 0 Å². The van der Waals surface area contributed by atoms with E-state index in [1.165, 1.54) is 225 Å². The van der Waals surface area contributed by atoms with E-state index in [1.807, 2.05) is 0 Å². The van der Waals surface area contributed by atoms with Gasteiger partial charge < -0.3 is 33.8 Å². The summed E-state index contributed by atoms with van der Waals surface area (Å²) >= 11 is 0. The molecule has 0 radical (unpaired) electrons. The highest BCUT2D eigenvalue weighted by Gasteiger charge is 2.30. The molecule has 0 aliphatic rings. The molecule has 0 amide bonds. The molecule has 4 unspecified atom stereocenters. The van der Waals surface area contributed by atoms with Crippen LogP contribution in [0, 0.1) is 17.8 Å². The average molecular weight is 1470 g/mol. The predicted molar refractivity (Wildman–Crippen MR) is 409 cm³/mol. The summed E-state index contributed by atoms with van der Waals surface area (Å²) in [7, 11) is -9.91. The van der Waals surface area contributed by atoms with Crippen LogP contribution in [-0.4, -0.2) is 96.7 Å². The number of aliphatic hydroxyl groups is 1. The van der Waals surface area contributed by atoms with Crippen molar-refractivity contribution in [2.45, 2.75) is 439 Å². The van der Waals surface area contributed by atoms with Gasteiger partial charge in [0.2, 0.25) is 0 Å². The molecule has 0 aromatic heterocycles. The minimum atomic E-state index is -4.96. The van der Waals surface area contributed by atoms with Crippen LogP contribution in [0.15, 0.2) is 0 Å². The Balaban J connectivity index is 5.12. The van der Waals surface area contributed by atoms with Crippen molar-refractivity contribution in [2.24, 2.45) is 17.8 Å². The fourth-order valence-electron chi connectivity index (χ4n) is 12.4. The molecule has 0 heterocycles. The Bertz CT molecular complexity index is 1940. The van der Waals surface area contributed by atoms with Crippen molar-refractivity contribution < 1.29 is 80.2 Å². The third kappa shape index (κ3) is 71.7. The highest BCUT2D eigenvalue weighted by Crippen LogP contribution is 2.45. The van der Waals surface area contributed by atoms with Gasteiger partial charge in [-0.25, -0.2) is 9.13 Å². The number of hydrogen-bond acceptors (Lipinski definition) is 15. The summed E-state index contributed by atoms with van der Waals surface area (Å²) < 4.78 is 68.5. The Morgan fingerprint density at radius 3 is 0.760 bits per heavy atom. The summed E-state index contributed by atoms with van der Waals surface area (Å²) in [6.07, 6.45) is 60.0. The van der Waals surface area contributed by atoms with Gasteiger partial charge in [-0.05, 0) is 43.4 Å². The zero-order valence-electron chi connectivity index (χ0n) is 65.7. The molecule has 0 aliphatic heterocycles. The van der Waals surface area contributed by atoms with E-state index in [1.54, 1.807) is 0 Å². The van der Waals surface area contributed by atoms with Gasteiger partial charge in [0.05, 0.1) is 26.4 Å². The largest absolute Gasteiger partial charge is 0.472 e. The van der Waals surface area contributed by atoms with E-state index in [0.29, 0.717) is 25.7 Å². The Morgan fingerprint density at radius 1 is 0.290 bits per heavy atom. The molecule has 0 aliphatic carbocycles. The van der Waals surface area contributed by atoms with E-state index < -0.39 is 97.5 Å². The minimum Gasteiger partial charge on any atom is -0.462 e. The molecule has 0 aromatic rings. The first kappa shape index (κ1) is 98.1. The lowest BCUT2D eigenvalue weighted by Crippen LogP contribution is -2.30. The number of esters is 4. The van der Waals surface area contributed by atoms with Gasteiger partial charge in [-0.1, -0.05) is 370 Å². The molecular formula is C81H158O17P2. The van der Waals surface area contributed by atoms with Gasteiger partial charge in [0, 0.05) is 25.7 Å². The number of rotatable bonds is 79. The fraction of sp³-hybridized carbons (Fsp3) is 0.951. The van der Waals surface area contributed by atoms with Crippen LogP contribution < -0.4 is 0 Å². The van der Waals surface area contributed by atoms with E-state index in [4.69, 9.17) is 37.0 Å². The third-order valence-corrected chi connectivity index (χ3v) is 21.5. The molecule has 0 fully saturated rings. The lowest BCUT2D eigenvalue weighted by atomic mass is 9.99. The second kappa shape index (κ2) is 71.3. The van der Waals surface area contributed by atoms with E-state index in [9.17, 15) is 43.2 Å². The highest BCUT2D eigenvalue weighted by atomic mass is 31.2. The second-order valence-electron chi connectivity index (χ2n) is 30.1. The van der Waals surface area contributed by atoms with Crippen molar-refractivity contribution in [1.29, 1.82) is 0 Å². The number of phosphoric acid groups is 2. The Morgan fingerprint density at radius 2 is 0.510 bits per heavy atom. The fourth-order valence-corrected chi connectivity index (χ4v) is 14.0. The molecule has 0 saturated heterocycles. The molecule has 594 valence electrons. The molecule has 0 saturated carbocycles. The van der Waals surface area contributed by atoms with Crippen LogP contribution in [0.4, 0.5) is 0 Å². The predicted octanol–water partition coefficient (Wildman–Crippen LogP) is 24.1. The van der Waals surface area contributed by atoms with Gasteiger partial charge >= 0.3 is 39.5 Å². The maximum absolute atomic E-state index is 13.1. The van der Waals surface area contributed by atoms with Crippen LogP contribution in [-0.2, 0) is 65.4 Å². The first-order valence-corrected chi connectivity index (χ1v) is 44.9. The van der Waals surface area contributed by atoms with Crippen LogP contribution in [0.25, 0.3) is 0 Å². The molecule has 0 aromatic carbocycles. The van der Waals surface area contributed by atoms with E-state index >= 15 is 0 Å². The quantitative estimate of drug-likeness (QED) is 0.0222. The van der Waals surface area contributed by atoms with Crippen LogP contribution in [0.5, 0.6) is 0 Å². The van der Waals surface area contributed by atoms with Crippen LogP contribution in [0.3, 0.4) is 0 Å². The number of carbonyl (C=O) groups excluding carboxylic acids is 4. The number of carbonyl (C=O) groups is 4. The number of phosphoric ester groups is 2. The SMILES string of the molecule is CCCCCCCC(=O)OC[C@H](COP(=O)(O)OC[C@H](O)COP(=O)(O)OC[C@@H](COC(=O)CCCCCCCCCCCCCCCCC(C)CC)OC(=O)CCCCCCCCCCCCCCCCCCCCC(C)CC)OC(=O)CCCCCCCCCCCCCCC(C)C. The van der Waals surface area contributed by atoms with E-state index in [-0.39, 0.29) is 25.7 Å². The van der Waals surface area contributed by atoms with Crippen molar-refractivity contribution in [3.63, 3.8) is 0 Å². The summed E-state index contributed by atoms with van der Waals surface area (Å²) in [4.78, 5) is 72.7. The van der Waals surface area contributed by atoms with Crippen molar-refractivity contribution in [3.8, 4) is 0 Å². The second-order valence-corrected chi connectivity index (χ2v) is 33.0. The third-order valence-electron chi connectivity index (χ3n) is 19.6. The first-order valence-electron chi connectivity index (χ1n) is 41.9. The van der Waals surface area contributed by atoms with Gasteiger partial charge in [0.1, 0.15) is 19.3 Å². The summed E-state index contributed by atoms with van der Waals surface area (Å²) in [6, 6.07) is 0. The van der Waals surface area contributed by atoms with Gasteiger partial charge in [0.25, 0.3) is 0 Å². The molecule has 0 bridgehead atoms. The summed E-state index contributed by atoms with van der Waals surface area (Å²) in [6.45, 7) is 12.0. The summed E-state index contributed by atoms with van der Waals surface area (Å²) in [5, 5.41) is 10.6. The lowest BCUT2D eigenvalue weighted by molar-refractivity contribution is -0.161. The molecule has 100 heavy (non-hydrogen) atoms. The van der Waals surface area contributed by atoms with Crippen LogP contribution in [0.2, 0.25) is 0 Å². The van der Waals surface area contributed by atoms with Crippen molar-refractivity contribution in [2.75, 3.05) is 39.6 Å². The topological polar surface area (TPSA) is 237 Å². The van der Waals surface area contributed by atoms with Gasteiger partial charge in [0.15, 0.2) is 12.2 Å².